The summed E-state index contributed by atoms with van der Waals surface area (Å²) < 4.78 is 50.5. The molecule has 0 aliphatic carbocycles. The van der Waals surface area contributed by atoms with Crippen molar-refractivity contribution < 1.29 is 22.3 Å². The molecule has 0 aliphatic heterocycles. The van der Waals surface area contributed by atoms with Crippen molar-refractivity contribution in [3.05, 3.63) is 59.5 Å². The summed E-state index contributed by atoms with van der Waals surface area (Å²) >= 11 is 0. The fraction of sp³-hybridized carbons (Fsp3) is 0.333. The molecule has 7 heteroatoms. The number of benzene rings is 2. The van der Waals surface area contributed by atoms with E-state index >= 15 is 0 Å². The Bertz CT molecular complexity index is 1070. The van der Waals surface area contributed by atoms with E-state index in [9.17, 15) is 12.8 Å². The lowest BCUT2D eigenvalue weighted by Crippen LogP contribution is -2.07. The molecule has 2 aromatic carbocycles. The number of aryl methyl sites for hydroxylation is 1. The Balaban J connectivity index is 2.19. The van der Waals surface area contributed by atoms with E-state index in [1.54, 1.807) is 24.3 Å². The minimum atomic E-state index is -3.47. The van der Waals surface area contributed by atoms with Crippen molar-refractivity contribution in [3.8, 4) is 5.75 Å². The predicted molar refractivity (Wildman–Crippen MR) is 107 cm³/mol. The molecule has 0 fully saturated rings. The molecule has 3 rings (SSSR count). The summed E-state index contributed by atoms with van der Waals surface area (Å²) in [6, 6.07) is 11.7. The summed E-state index contributed by atoms with van der Waals surface area (Å²) in [4.78, 5) is 0.138. The fourth-order valence-corrected chi connectivity index (χ4v) is 4.15. The van der Waals surface area contributed by atoms with Crippen LogP contribution in [0.1, 0.15) is 24.6 Å². The zero-order valence-electron chi connectivity index (χ0n) is 16.2. The Morgan fingerprint density at radius 1 is 1.11 bits per heavy atom. The van der Waals surface area contributed by atoms with Crippen LogP contribution in [0.4, 0.5) is 4.39 Å². The Labute approximate surface area is 164 Å². The van der Waals surface area contributed by atoms with Gasteiger partial charge in [0.1, 0.15) is 10.7 Å². The summed E-state index contributed by atoms with van der Waals surface area (Å²) in [5.74, 6) is 0.0278. The molecule has 0 saturated carbocycles. The van der Waals surface area contributed by atoms with E-state index in [1.807, 2.05) is 6.07 Å². The second kappa shape index (κ2) is 8.32. The molecule has 0 saturated heterocycles. The Hall–Kier alpha value is -2.38. The number of methoxy groups -OCH3 is 1. The number of sulfone groups is 1. The SMILES string of the molecule is CCCc1cc2c(OCOC)c(S(C)(=O)=O)ccc2n1Cc1ccc(F)cc1. The number of rotatable bonds is 8. The lowest BCUT2D eigenvalue weighted by atomic mass is 10.2. The standard InChI is InChI=1S/C21H24FNO4S/c1-4-5-17-12-18-19(23(17)13-15-6-8-16(22)9-7-15)10-11-20(28(3,24)25)21(18)27-14-26-2/h6-12H,4-5,13-14H2,1-3H3. The summed E-state index contributed by atoms with van der Waals surface area (Å²) in [5, 5.41) is 0.727. The van der Waals surface area contributed by atoms with Crippen LogP contribution in [0.5, 0.6) is 5.75 Å². The largest absolute Gasteiger partial charge is 0.465 e. The Morgan fingerprint density at radius 2 is 1.82 bits per heavy atom. The van der Waals surface area contributed by atoms with Crippen molar-refractivity contribution >= 4 is 20.7 Å². The highest BCUT2D eigenvalue weighted by atomic mass is 32.2. The van der Waals surface area contributed by atoms with Crippen LogP contribution in [0.2, 0.25) is 0 Å². The van der Waals surface area contributed by atoms with Crippen LogP contribution in [-0.4, -0.2) is 33.1 Å². The first-order chi connectivity index (χ1) is 13.3. The fourth-order valence-electron chi connectivity index (χ4n) is 3.32. The molecule has 150 valence electrons. The van der Waals surface area contributed by atoms with E-state index in [0.717, 1.165) is 41.3 Å². The van der Waals surface area contributed by atoms with Crippen molar-refractivity contribution in [2.75, 3.05) is 20.2 Å². The number of hydrogen-bond donors (Lipinski definition) is 0. The highest BCUT2D eigenvalue weighted by molar-refractivity contribution is 7.90. The summed E-state index contributed by atoms with van der Waals surface area (Å²) in [7, 11) is -1.98. The van der Waals surface area contributed by atoms with Crippen LogP contribution in [-0.2, 0) is 27.5 Å². The topological polar surface area (TPSA) is 57.5 Å². The van der Waals surface area contributed by atoms with Crippen molar-refractivity contribution in [2.24, 2.45) is 0 Å². The molecular weight excluding hydrogens is 381 g/mol. The average molecular weight is 405 g/mol. The predicted octanol–water partition coefficient (Wildman–Crippen LogP) is 4.17. The molecule has 1 aromatic heterocycles. The van der Waals surface area contributed by atoms with Crippen LogP contribution in [0.25, 0.3) is 10.9 Å². The van der Waals surface area contributed by atoms with E-state index in [1.165, 1.54) is 19.2 Å². The van der Waals surface area contributed by atoms with Crippen LogP contribution in [0.15, 0.2) is 47.4 Å². The molecule has 0 bridgehead atoms. The van der Waals surface area contributed by atoms with Gasteiger partial charge >= 0.3 is 0 Å². The summed E-state index contributed by atoms with van der Waals surface area (Å²) in [6.45, 7) is 2.60. The van der Waals surface area contributed by atoms with E-state index in [0.29, 0.717) is 12.3 Å². The Morgan fingerprint density at radius 3 is 2.43 bits per heavy atom. The smallest absolute Gasteiger partial charge is 0.188 e. The van der Waals surface area contributed by atoms with Gasteiger partial charge < -0.3 is 14.0 Å². The Kier molecular flexibility index (Phi) is 6.05. The molecule has 3 aromatic rings. The quantitative estimate of drug-likeness (QED) is 0.528. The monoisotopic (exact) mass is 405 g/mol. The van der Waals surface area contributed by atoms with Gasteiger partial charge in [0, 0.05) is 31.0 Å². The number of halogens is 1. The number of nitrogens with zero attached hydrogens (tertiary/aromatic N) is 1. The molecule has 5 nitrogen and oxygen atoms in total. The zero-order chi connectivity index (χ0) is 20.3. The van der Waals surface area contributed by atoms with Gasteiger partial charge in [-0.25, -0.2) is 12.8 Å². The van der Waals surface area contributed by atoms with Crippen molar-refractivity contribution in [1.82, 2.24) is 4.57 Å². The summed E-state index contributed by atoms with van der Waals surface area (Å²) in [5.41, 5.74) is 2.89. The molecule has 0 aliphatic rings. The van der Waals surface area contributed by atoms with Crippen LogP contribution in [0.3, 0.4) is 0 Å². The third-order valence-corrected chi connectivity index (χ3v) is 5.69. The second-order valence-electron chi connectivity index (χ2n) is 6.75. The summed E-state index contributed by atoms with van der Waals surface area (Å²) in [6.07, 6.45) is 2.93. The van der Waals surface area contributed by atoms with Gasteiger partial charge in [0.05, 0.1) is 5.52 Å². The van der Waals surface area contributed by atoms with Crippen LogP contribution >= 0.6 is 0 Å². The molecule has 1 heterocycles. The molecule has 0 spiro atoms. The van der Waals surface area contributed by atoms with Gasteiger partial charge in [-0.05, 0) is 42.3 Å². The number of aromatic nitrogens is 1. The first-order valence-corrected chi connectivity index (χ1v) is 11.0. The molecule has 0 N–H and O–H groups in total. The first-order valence-electron chi connectivity index (χ1n) is 9.06. The maximum Gasteiger partial charge on any atom is 0.188 e. The highest BCUT2D eigenvalue weighted by Gasteiger charge is 2.21. The molecule has 0 unspecified atom stereocenters. The second-order valence-corrected chi connectivity index (χ2v) is 8.73. The van der Waals surface area contributed by atoms with Crippen molar-refractivity contribution in [3.63, 3.8) is 0 Å². The van der Waals surface area contributed by atoms with Gasteiger partial charge in [-0.3, -0.25) is 0 Å². The van der Waals surface area contributed by atoms with Crippen molar-refractivity contribution in [2.45, 2.75) is 31.2 Å². The normalized spacial score (nSPS) is 11.9. The number of ether oxygens (including phenoxy) is 2. The highest BCUT2D eigenvalue weighted by Crippen LogP contribution is 2.36. The van der Waals surface area contributed by atoms with E-state index in [2.05, 4.69) is 11.5 Å². The lowest BCUT2D eigenvalue weighted by Gasteiger charge is -2.13. The van der Waals surface area contributed by atoms with Crippen LogP contribution in [0, 0.1) is 5.82 Å². The molecule has 0 atom stereocenters. The lowest BCUT2D eigenvalue weighted by molar-refractivity contribution is 0.0502. The maximum atomic E-state index is 13.3. The minimum absolute atomic E-state index is 0.0477. The molecule has 28 heavy (non-hydrogen) atoms. The van der Waals surface area contributed by atoms with Crippen LogP contribution < -0.4 is 4.74 Å². The molecular formula is C21H24FNO4S. The average Bonchev–Trinajstić information content (AvgIpc) is 2.98. The third kappa shape index (κ3) is 4.20. The zero-order valence-corrected chi connectivity index (χ0v) is 17.1. The van der Waals surface area contributed by atoms with Gasteiger partial charge in [-0.2, -0.15) is 0 Å². The van der Waals surface area contributed by atoms with E-state index in [4.69, 9.17) is 9.47 Å². The number of fused-ring (bicyclic) bond motifs is 1. The maximum absolute atomic E-state index is 13.3. The molecule has 0 radical (unpaired) electrons. The minimum Gasteiger partial charge on any atom is -0.465 e. The van der Waals surface area contributed by atoms with E-state index in [-0.39, 0.29) is 17.5 Å². The van der Waals surface area contributed by atoms with Gasteiger partial charge in [0.2, 0.25) is 0 Å². The van der Waals surface area contributed by atoms with Gasteiger partial charge in [-0.1, -0.05) is 25.5 Å². The molecule has 0 amide bonds. The van der Waals surface area contributed by atoms with Gasteiger partial charge in [0.25, 0.3) is 0 Å². The van der Waals surface area contributed by atoms with Gasteiger partial charge in [0.15, 0.2) is 22.4 Å². The first kappa shape index (κ1) is 20.4. The third-order valence-electron chi connectivity index (χ3n) is 4.57. The number of hydrogen-bond acceptors (Lipinski definition) is 4. The van der Waals surface area contributed by atoms with Crippen molar-refractivity contribution in [1.29, 1.82) is 0 Å². The van der Waals surface area contributed by atoms with Gasteiger partial charge in [-0.15, -0.1) is 0 Å². The van der Waals surface area contributed by atoms with E-state index < -0.39 is 9.84 Å².